The van der Waals surface area contributed by atoms with E-state index in [2.05, 4.69) is 22.2 Å². The first-order valence-electron chi connectivity index (χ1n) is 6.66. The van der Waals surface area contributed by atoms with Crippen molar-refractivity contribution < 1.29 is 4.79 Å². The first kappa shape index (κ1) is 15.3. The SMILES string of the molecule is CCc1cccc(C)c1NC(=O)CSc1nccc(=O)[nH]1. The molecule has 2 N–H and O–H groups in total. The van der Waals surface area contributed by atoms with Crippen molar-refractivity contribution in [3.8, 4) is 0 Å². The second kappa shape index (κ2) is 7.08. The number of nitrogens with one attached hydrogen (secondary N) is 2. The number of hydrogen-bond acceptors (Lipinski definition) is 4. The number of benzene rings is 1. The smallest absolute Gasteiger partial charge is 0.251 e. The Morgan fingerprint density at radius 3 is 2.90 bits per heavy atom. The Labute approximate surface area is 127 Å². The van der Waals surface area contributed by atoms with Gasteiger partial charge in [-0.05, 0) is 24.5 Å². The number of nitrogens with zero attached hydrogens (tertiary/aromatic N) is 1. The van der Waals surface area contributed by atoms with Gasteiger partial charge in [0.25, 0.3) is 5.56 Å². The highest BCUT2D eigenvalue weighted by molar-refractivity contribution is 7.99. The normalized spacial score (nSPS) is 10.4. The van der Waals surface area contributed by atoms with Crippen LogP contribution in [0.4, 0.5) is 5.69 Å². The Morgan fingerprint density at radius 1 is 1.38 bits per heavy atom. The van der Waals surface area contributed by atoms with Gasteiger partial charge in [-0.1, -0.05) is 36.9 Å². The standard InChI is InChI=1S/C15H17N3O2S/c1-3-11-6-4-5-10(2)14(11)17-13(20)9-21-15-16-8-7-12(19)18-15/h4-8H,3,9H2,1-2H3,(H,17,20)(H,16,18,19). The summed E-state index contributed by atoms with van der Waals surface area (Å²) in [6.07, 6.45) is 2.29. The summed E-state index contributed by atoms with van der Waals surface area (Å²) in [6.45, 7) is 4.02. The quantitative estimate of drug-likeness (QED) is 0.657. The minimum Gasteiger partial charge on any atom is -0.325 e. The van der Waals surface area contributed by atoms with Crippen LogP contribution in [0.2, 0.25) is 0 Å². The number of rotatable bonds is 5. The molecule has 2 rings (SSSR count). The van der Waals surface area contributed by atoms with Crippen LogP contribution in [0.1, 0.15) is 18.1 Å². The van der Waals surface area contributed by atoms with Crippen molar-refractivity contribution in [1.29, 1.82) is 0 Å². The van der Waals surface area contributed by atoms with Crippen molar-refractivity contribution in [2.75, 3.05) is 11.1 Å². The molecule has 1 amide bonds. The van der Waals surface area contributed by atoms with E-state index in [4.69, 9.17) is 0 Å². The fraction of sp³-hybridized carbons (Fsp3) is 0.267. The number of carbonyl (C=O) groups is 1. The van der Waals surface area contributed by atoms with Crippen LogP contribution < -0.4 is 10.9 Å². The van der Waals surface area contributed by atoms with E-state index in [1.54, 1.807) is 0 Å². The van der Waals surface area contributed by atoms with E-state index in [-0.39, 0.29) is 17.2 Å². The molecule has 0 aliphatic heterocycles. The Morgan fingerprint density at radius 2 is 2.19 bits per heavy atom. The first-order valence-corrected chi connectivity index (χ1v) is 7.65. The molecule has 6 heteroatoms. The van der Waals surface area contributed by atoms with E-state index in [1.165, 1.54) is 24.0 Å². The van der Waals surface area contributed by atoms with Gasteiger partial charge in [-0.25, -0.2) is 4.98 Å². The second-order valence-electron chi connectivity index (χ2n) is 4.54. The second-order valence-corrected chi connectivity index (χ2v) is 5.50. The molecule has 1 aromatic carbocycles. The zero-order valence-corrected chi connectivity index (χ0v) is 12.8. The number of thioether (sulfide) groups is 1. The number of anilines is 1. The molecule has 0 aliphatic rings. The monoisotopic (exact) mass is 303 g/mol. The fourth-order valence-corrected chi connectivity index (χ4v) is 2.58. The predicted octanol–water partition coefficient (Wildman–Crippen LogP) is 2.37. The Kier molecular flexibility index (Phi) is 5.16. The third-order valence-corrected chi connectivity index (χ3v) is 3.88. The number of aryl methyl sites for hydroxylation is 2. The summed E-state index contributed by atoms with van der Waals surface area (Å²) in [5.41, 5.74) is 2.80. The van der Waals surface area contributed by atoms with Gasteiger partial charge < -0.3 is 10.3 Å². The van der Waals surface area contributed by atoms with Crippen LogP contribution >= 0.6 is 11.8 Å². The number of hydrogen-bond donors (Lipinski definition) is 2. The lowest BCUT2D eigenvalue weighted by Crippen LogP contribution is -2.17. The van der Waals surface area contributed by atoms with Crippen molar-refractivity contribution in [3.05, 3.63) is 51.9 Å². The molecule has 0 aliphatic carbocycles. The van der Waals surface area contributed by atoms with Crippen LogP contribution in [0.5, 0.6) is 0 Å². The fourth-order valence-electron chi connectivity index (χ4n) is 1.94. The lowest BCUT2D eigenvalue weighted by molar-refractivity contribution is -0.113. The first-order chi connectivity index (χ1) is 10.1. The molecule has 110 valence electrons. The summed E-state index contributed by atoms with van der Waals surface area (Å²) < 4.78 is 0. The number of H-pyrrole nitrogens is 1. The van der Waals surface area contributed by atoms with Crippen LogP contribution in [-0.2, 0) is 11.2 Å². The molecule has 0 unspecified atom stereocenters. The third kappa shape index (κ3) is 4.19. The lowest BCUT2D eigenvalue weighted by Gasteiger charge is -2.12. The summed E-state index contributed by atoms with van der Waals surface area (Å²) in [7, 11) is 0. The number of carbonyl (C=O) groups excluding carboxylic acids is 1. The van der Waals surface area contributed by atoms with E-state index in [9.17, 15) is 9.59 Å². The molecule has 0 spiro atoms. The van der Waals surface area contributed by atoms with Gasteiger partial charge in [0.1, 0.15) is 0 Å². The van der Waals surface area contributed by atoms with Crippen LogP contribution in [0.3, 0.4) is 0 Å². The highest BCUT2D eigenvalue weighted by Gasteiger charge is 2.09. The van der Waals surface area contributed by atoms with E-state index >= 15 is 0 Å². The van der Waals surface area contributed by atoms with Crippen molar-refractivity contribution in [2.45, 2.75) is 25.4 Å². The molecule has 0 saturated heterocycles. The summed E-state index contributed by atoms with van der Waals surface area (Å²) >= 11 is 1.20. The molecule has 1 heterocycles. The Balaban J connectivity index is 2.01. The molecule has 0 fully saturated rings. The van der Waals surface area contributed by atoms with Crippen molar-refractivity contribution >= 4 is 23.4 Å². The molecule has 1 aromatic heterocycles. The van der Waals surface area contributed by atoms with Crippen LogP contribution in [-0.4, -0.2) is 21.6 Å². The maximum Gasteiger partial charge on any atom is 0.251 e. The van der Waals surface area contributed by atoms with Gasteiger partial charge >= 0.3 is 0 Å². The number of aromatic amines is 1. The molecule has 0 bridgehead atoms. The Hall–Kier alpha value is -2.08. The molecule has 0 saturated carbocycles. The van der Waals surface area contributed by atoms with E-state index in [0.717, 1.165) is 23.2 Å². The maximum atomic E-state index is 12.0. The molecule has 2 aromatic rings. The van der Waals surface area contributed by atoms with Gasteiger partial charge in [-0.15, -0.1) is 0 Å². The number of aromatic nitrogens is 2. The topological polar surface area (TPSA) is 74.8 Å². The average Bonchev–Trinajstić information content (AvgIpc) is 2.47. The minimum absolute atomic E-state index is 0.115. The van der Waals surface area contributed by atoms with E-state index < -0.39 is 0 Å². The molecule has 5 nitrogen and oxygen atoms in total. The minimum atomic E-state index is -0.222. The predicted molar refractivity (Wildman–Crippen MR) is 84.8 cm³/mol. The number of para-hydroxylation sites is 1. The Bertz CT molecular complexity index is 697. The van der Waals surface area contributed by atoms with Gasteiger partial charge in [0.2, 0.25) is 5.91 Å². The maximum absolute atomic E-state index is 12.0. The van der Waals surface area contributed by atoms with Gasteiger partial charge in [-0.2, -0.15) is 0 Å². The number of amides is 1. The van der Waals surface area contributed by atoms with Gasteiger partial charge in [0, 0.05) is 18.0 Å². The van der Waals surface area contributed by atoms with Crippen molar-refractivity contribution in [1.82, 2.24) is 9.97 Å². The van der Waals surface area contributed by atoms with E-state index in [1.807, 2.05) is 25.1 Å². The molecule has 0 radical (unpaired) electrons. The van der Waals surface area contributed by atoms with Crippen LogP contribution in [0.15, 0.2) is 40.4 Å². The average molecular weight is 303 g/mol. The highest BCUT2D eigenvalue weighted by atomic mass is 32.2. The molecular weight excluding hydrogens is 286 g/mol. The van der Waals surface area contributed by atoms with Crippen LogP contribution in [0, 0.1) is 6.92 Å². The lowest BCUT2D eigenvalue weighted by atomic mass is 10.1. The van der Waals surface area contributed by atoms with Crippen molar-refractivity contribution in [3.63, 3.8) is 0 Å². The molecule has 21 heavy (non-hydrogen) atoms. The van der Waals surface area contributed by atoms with E-state index in [0.29, 0.717) is 5.16 Å². The van der Waals surface area contributed by atoms with Crippen LogP contribution in [0.25, 0.3) is 0 Å². The summed E-state index contributed by atoms with van der Waals surface area (Å²) in [4.78, 5) is 29.8. The van der Waals surface area contributed by atoms with Gasteiger partial charge in [-0.3, -0.25) is 9.59 Å². The van der Waals surface area contributed by atoms with Crippen molar-refractivity contribution in [2.24, 2.45) is 0 Å². The summed E-state index contributed by atoms with van der Waals surface area (Å²) in [5, 5.41) is 3.38. The summed E-state index contributed by atoms with van der Waals surface area (Å²) in [6, 6.07) is 7.30. The zero-order valence-electron chi connectivity index (χ0n) is 12.0. The largest absolute Gasteiger partial charge is 0.325 e. The summed E-state index contributed by atoms with van der Waals surface area (Å²) in [5.74, 6) is 0.0836. The third-order valence-electron chi connectivity index (χ3n) is 2.99. The van der Waals surface area contributed by atoms with Gasteiger partial charge in [0.05, 0.1) is 5.75 Å². The highest BCUT2D eigenvalue weighted by Crippen LogP contribution is 2.21. The molecular formula is C15H17N3O2S. The zero-order chi connectivity index (χ0) is 15.2. The van der Waals surface area contributed by atoms with Gasteiger partial charge in [0.15, 0.2) is 5.16 Å². The molecule has 0 atom stereocenters.